The van der Waals surface area contributed by atoms with E-state index in [0.717, 1.165) is 0 Å². The summed E-state index contributed by atoms with van der Waals surface area (Å²) in [5.74, 6) is 0.0369. The fraction of sp³-hybridized carbons (Fsp3) is 0.789. The first-order valence-electron chi connectivity index (χ1n) is 9.29. The lowest BCUT2D eigenvalue weighted by Crippen LogP contribution is -2.28. The Balaban J connectivity index is -0.000000473. The second kappa shape index (κ2) is 22.7. The van der Waals surface area contributed by atoms with Gasteiger partial charge in [-0.05, 0) is 20.8 Å². The van der Waals surface area contributed by atoms with E-state index < -0.39 is 0 Å². The molecule has 0 spiro atoms. The number of carbonyl (C=O) groups is 2. The van der Waals surface area contributed by atoms with Crippen LogP contribution in [-0.2, 0) is 28.5 Å². The minimum atomic E-state index is -0.0748. The summed E-state index contributed by atoms with van der Waals surface area (Å²) in [6.45, 7) is 13.5. The first-order valence-corrected chi connectivity index (χ1v) is 9.29. The quantitative estimate of drug-likeness (QED) is 0.285. The summed E-state index contributed by atoms with van der Waals surface area (Å²) in [7, 11) is 0. The molecule has 27 heavy (non-hydrogen) atoms. The Morgan fingerprint density at radius 2 is 1.26 bits per heavy atom. The first-order chi connectivity index (χ1) is 12.9. The third-order valence-electron chi connectivity index (χ3n) is 2.65. The van der Waals surface area contributed by atoms with Crippen molar-refractivity contribution in [3.63, 3.8) is 0 Å². The molecule has 0 atom stereocenters. The average Bonchev–Trinajstić information content (AvgIpc) is 2.58. The van der Waals surface area contributed by atoms with Crippen molar-refractivity contribution in [1.29, 1.82) is 0 Å². The van der Waals surface area contributed by atoms with Crippen LogP contribution in [0.4, 0.5) is 0 Å². The van der Waals surface area contributed by atoms with Crippen molar-refractivity contribution in [2.45, 2.75) is 33.6 Å². The Morgan fingerprint density at radius 1 is 0.815 bits per heavy atom. The highest BCUT2D eigenvalue weighted by molar-refractivity contribution is 5.76. The molecule has 8 heteroatoms. The molecule has 164 valence electrons. The zero-order chi connectivity index (χ0) is 20.8. The molecule has 0 aliphatic heterocycles. The molecule has 3 N–H and O–H groups in total. The van der Waals surface area contributed by atoms with Gasteiger partial charge < -0.3 is 30.0 Å². The SMILES string of the molecule is C=C(C)C.CC(=O)CCOCCOCCNC(=O)CCOCCOCCN.[HH].[HH]. The standard InChI is InChI=1S/C15H30N2O6.C4H8.2H2/c1-14(18)2-6-20-11-13-23-9-5-17-15(19)3-7-21-10-12-22-8-4-16;1-4(2)3;;/h2-13,16H2,1H3,(H,17,19);1H2,2-3H3;2*1H. The van der Waals surface area contributed by atoms with E-state index in [1.54, 1.807) is 0 Å². The number of nitrogens with two attached hydrogens (primary N) is 1. The molecule has 0 rings (SSSR count). The second-order valence-electron chi connectivity index (χ2n) is 6.00. The lowest BCUT2D eigenvalue weighted by molar-refractivity contribution is -0.122. The molecular weight excluding hydrogens is 352 g/mol. The van der Waals surface area contributed by atoms with Crippen molar-refractivity contribution in [2.24, 2.45) is 5.73 Å². The summed E-state index contributed by atoms with van der Waals surface area (Å²) in [4.78, 5) is 22.1. The van der Waals surface area contributed by atoms with E-state index in [0.29, 0.717) is 78.8 Å². The molecular formula is C19H42N2O6. The van der Waals surface area contributed by atoms with Crippen LogP contribution < -0.4 is 11.1 Å². The maximum atomic E-state index is 11.5. The van der Waals surface area contributed by atoms with Crippen LogP contribution >= 0.6 is 0 Å². The number of rotatable bonds is 17. The van der Waals surface area contributed by atoms with Gasteiger partial charge in [0.2, 0.25) is 5.91 Å². The van der Waals surface area contributed by atoms with Gasteiger partial charge in [0.25, 0.3) is 0 Å². The molecule has 8 nitrogen and oxygen atoms in total. The molecule has 0 aromatic heterocycles. The number of Topliss-reactive ketones (excluding diaryl/α,β-unsaturated/α-hetero) is 1. The van der Waals surface area contributed by atoms with E-state index in [1.165, 1.54) is 12.5 Å². The molecule has 0 saturated carbocycles. The summed E-state index contributed by atoms with van der Waals surface area (Å²) >= 11 is 0. The number of nitrogens with one attached hydrogen (secondary N) is 1. The Morgan fingerprint density at radius 3 is 1.74 bits per heavy atom. The summed E-state index contributed by atoms with van der Waals surface area (Å²) in [6, 6.07) is 0. The molecule has 0 aromatic carbocycles. The van der Waals surface area contributed by atoms with Crippen molar-refractivity contribution < 1.29 is 31.4 Å². The lowest BCUT2D eigenvalue weighted by atomic mass is 10.3. The number of ketones is 1. The highest BCUT2D eigenvalue weighted by atomic mass is 16.5. The topological polar surface area (TPSA) is 109 Å². The zero-order valence-corrected chi connectivity index (χ0v) is 17.2. The fourth-order valence-electron chi connectivity index (χ4n) is 1.46. The van der Waals surface area contributed by atoms with Gasteiger partial charge in [-0.1, -0.05) is 5.57 Å². The normalized spacial score (nSPS) is 10.1. The van der Waals surface area contributed by atoms with Gasteiger partial charge >= 0.3 is 0 Å². The molecule has 0 unspecified atom stereocenters. The Kier molecular flexibility index (Phi) is 23.5. The van der Waals surface area contributed by atoms with E-state index in [-0.39, 0.29) is 14.5 Å². The van der Waals surface area contributed by atoms with Gasteiger partial charge in [0.05, 0.1) is 52.9 Å². The third-order valence-corrected chi connectivity index (χ3v) is 2.65. The van der Waals surface area contributed by atoms with Gasteiger partial charge in [-0.2, -0.15) is 0 Å². The second-order valence-corrected chi connectivity index (χ2v) is 6.00. The molecule has 0 fully saturated rings. The molecule has 0 radical (unpaired) electrons. The Labute approximate surface area is 166 Å². The van der Waals surface area contributed by atoms with E-state index in [4.69, 9.17) is 24.7 Å². The van der Waals surface area contributed by atoms with Gasteiger partial charge in [-0.3, -0.25) is 9.59 Å². The maximum Gasteiger partial charge on any atom is 0.222 e. The van der Waals surface area contributed by atoms with Crippen LogP contribution in [0.1, 0.15) is 36.5 Å². The van der Waals surface area contributed by atoms with Crippen molar-refractivity contribution in [2.75, 3.05) is 65.9 Å². The van der Waals surface area contributed by atoms with Crippen LogP contribution in [0.15, 0.2) is 12.2 Å². The highest BCUT2D eigenvalue weighted by Crippen LogP contribution is 1.86. The minimum Gasteiger partial charge on any atom is -0.379 e. The van der Waals surface area contributed by atoms with Crippen LogP contribution in [0.5, 0.6) is 0 Å². The van der Waals surface area contributed by atoms with Crippen molar-refractivity contribution in [1.82, 2.24) is 5.32 Å². The molecule has 0 saturated heterocycles. The summed E-state index contributed by atoms with van der Waals surface area (Å²) < 4.78 is 20.9. The molecule has 1 amide bonds. The lowest BCUT2D eigenvalue weighted by Gasteiger charge is -2.07. The van der Waals surface area contributed by atoms with Crippen LogP contribution in [0, 0.1) is 0 Å². The fourth-order valence-corrected chi connectivity index (χ4v) is 1.46. The maximum absolute atomic E-state index is 11.5. The largest absolute Gasteiger partial charge is 0.379 e. The van der Waals surface area contributed by atoms with Gasteiger partial charge in [-0.15, -0.1) is 6.58 Å². The monoisotopic (exact) mass is 394 g/mol. The highest BCUT2D eigenvalue weighted by Gasteiger charge is 2.00. The van der Waals surface area contributed by atoms with Gasteiger partial charge in [0.15, 0.2) is 0 Å². The number of carbonyl (C=O) groups excluding carboxylic acids is 2. The van der Waals surface area contributed by atoms with Crippen LogP contribution in [0.3, 0.4) is 0 Å². The summed E-state index contributed by atoms with van der Waals surface area (Å²) in [5.41, 5.74) is 6.44. The number of hydrogen-bond donors (Lipinski definition) is 2. The summed E-state index contributed by atoms with van der Waals surface area (Å²) in [6.07, 6.45) is 0.738. The number of hydrogen-bond acceptors (Lipinski definition) is 7. The summed E-state index contributed by atoms with van der Waals surface area (Å²) in [5, 5.41) is 2.73. The van der Waals surface area contributed by atoms with E-state index >= 15 is 0 Å². The first kappa shape index (κ1) is 27.9. The molecule has 0 aliphatic rings. The Hall–Kier alpha value is -1.32. The van der Waals surface area contributed by atoms with Gasteiger partial charge in [-0.25, -0.2) is 0 Å². The van der Waals surface area contributed by atoms with Crippen LogP contribution in [0.2, 0.25) is 0 Å². The van der Waals surface area contributed by atoms with E-state index in [9.17, 15) is 9.59 Å². The number of allylic oxidation sites excluding steroid dienone is 1. The predicted molar refractivity (Wildman–Crippen MR) is 110 cm³/mol. The van der Waals surface area contributed by atoms with Crippen molar-refractivity contribution >= 4 is 11.7 Å². The molecule has 0 aromatic rings. The zero-order valence-electron chi connectivity index (χ0n) is 17.2. The van der Waals surface area contributed by atoms with E-state index in [2.05, 4.69) is 11.9 Å². The molecule has 0 heterocycles. The predicted octanol–water partition coefficient (Wildman–Crippen LogP) is 1.57. The van der Waals surface area contributed by atoms with Gasteiger partial charge in [0.1, 0.15) is 5.78 Å². The molecule has 0 aliphatic carbocycles. The Bertz CT molecular complexity index is 384. The van der Waals surface area contributed by atoms with Crippen LogP contribution in [0.25, 0.3) is 0 Å². The number of ether oxygens (including phenoxy) is 4. The average molecular weight is 395 g/mol. The van der Waals surface area contributed by atoms with Gasteiger partial charge in [0, 0.05) is 28.8 Å². The van der Waals surface area contributed by atoms with E-state index in [1.807, 2.05) is 13.8 Å². The smallest absolute Gasteiger partial charge is 0.222 e. The third kappa shape index (κ3) is 32.8. The minimum absolute atomic E-state index is 0. The van der Waals surface area contributed by atoms with Crippen LogP contribution in [-0.4, -0.2) is 77.6 Å². The van der Waals surface area contributed by atoms with Crippen molar-refractivity contribution in [3.8, 4) is 0 Å². The van der Waals surface area contributed by atoms with Crippen molar-refractivity contribution in [3.05, 3.63) is 12.2 Å². The molecule has 0 bridgehead atoms. The number of amides is 1.